The summed E-state index contributed by atoms with van der Waals surface area (Å²) in [5, 5.41) is 25.0. The molecule has 0 aromatic carbocycles. The summed E-state index contributed by atoms with van der Waals surface area (Å²) >= 11 is 0. The van der Waals surface area contributed by atoms with E-state index in [0.29, 0.717) is 25.9 Å². The summed E-state index contributed by atoms with van der Waals surface area (Å²) in [4.78, 5) is 1.74. The Bertz CT molecular complexity index is 477. The van der Waals surface area contributed by atoms with Crippen molar-refractivity contribution in [2.24, 2.45) is 0 Å². The number of piperidine rings is 1. The maximum absolute atomic E-state index is 13.1. The quantitative estimate of drug-likeness (QED) is 0.450. The van der Waals surface area contributed by atoms with Gasteiger partial charge in [0.15, 0.2) is 0 Å². The highest BCUT2D eigenvalue weighted by Gasteiger charge is 2.20. The number of hydrogen-bond donors (Lipinski definition) is 3. The zero-order valence-electron chi connectivity index (χ0n) is 9.36. The topological polar surface area (TPSA) is 76.1 Å². The van der Waals surface area contributed by atoms with Crippen molar-refractivity contribution >= 4 is 5.96 Å². The van der Waals surface area contributed by atoms with Gasteiger partial charge in [-0.1, -0.05) is 0 Å². The number of nitrogens with zero attached hydrogens (tertiary/aromatic N) is 2. The number of hydrogen-bond acceptors (Lipinski definition) is 3. The van der Waals surface area contributed by atoms with E-state index in [4.69, 9.17) is 10.8 Å². The molecular weight excluding hydrogens is 223 g/mol. The molecule has 2 heterocycles. The van der Waals surface area contributed by atoms with Gasteiger partial charge in [0.1, 0.15) is 11.3 Å². The fraction of sp³-hybridized carbons (Fsp3) is 0.455. The second-order valence-corrected chi connectivity index (χ2v) is 4.14. The average Bonchev–Trinajstić information content (AvgIpc) is 2.32. The summed E-state index contributed by atoms with van der Waals surface area (Å²) < 4.78 is 14.3. The number of halogens is 1. The van der Waals surface area contributed by atoms with Crippen LogP contribution in [0.5, 0.6) is 0 Å². The second-order valence-electron chi connectivity index (χ2n) is 4.14. The minimum Gasteiger partial charge on any atom is -0.393 e. The molecule has 0 amide bonds. The third-order valence-electron chi connectivity index (χ3n) is 2.90. The molecule has 0 spiro atoms. The van der Waals surface area contributed by atoms with Gasteiger partial charge in [0.25, 0.3) is 0 Å². The van der Waals surface area contributed by atoms with Crippen LogP contribution in [0, 0.1) is 16.6 Å². The van der Waals surface area contributed by atoms with E-state index in [1.807, 2.05) is 0 Å². The van der Waals surface area contributed by atoms with Gasteiger partial charge in [0, 0.05) is 19.3 Å². The lowest BCUT2D eigenvalue weighted by Crippen LogP contribution is -2.45. The fourth-order valence-corrected chi connectivity index (χ4v) is 1.88. The van der Waals surface area contributed by atoms with Crippen molar-refractivity contribution in [2.75, 3.05) is 13.1 Å². The Hall–Kier alpha value is -1.69. The number of aromatic nitrogens is 1. The van der Waals surface area contributed by atoms with Gasteiger partial charge in [-0.2, -0.15) is 0 Å². The van der Waals surface area contributed by atoms with Gasteiger partial charge in [0.05, 0.1) is 6.10 Å². The van der Waals surface area contributed by atoms with Crippen molar-refractivity contribution in [1.82, 2.24) is 9.47 Å². The normalized spacial score (nSPS) is 17.2. The van der Waals surface area contributed by atoms with Crippen LogP contribution in [-0.2, 0) is 0 Å². The lowest BCUT2D eigenvalue weighted by Gasteiger charge is -2.31. The number of pyridine rings is 1. The minimum atomic E-state index is -0.470. The van der Waals surface area contributed by atoms with E-state index in [0.717, 1.165) is 6.20 Å². The molecule has 0 aliphatic carbocycles. The van der Waals surface area contributed by atoms with Crippen molar-refractivity contribution in [3.63, 3.8) is 0 Å². The number of aliphatic hydroxyl groups excluding tert-OH is 1. The summed E-state index contributed by atoms with van der Waals surface area (Å²) in [6.07, 6.45) is 2.03. The molecule has 1 fully saturated rings. The first-order chi connectivity index (χ1) is 8.08. The summed E-state index contributed by atoms with van der Waals surface area (Å²) in [7, 11) is 0. The molecule has 0 saturated carbocycles. The molecule has 1 aromatic heterocycles. The monoisotopic (exact) mass is 238 g/mol. The molecule has 2 rings (SSSR count). The smallest absolute Gasteiger partial charge is 0.203 e. The Morgan fingerprint density at radius 1 is 1.35 bits per heavy atom. The second kappa shape index (κ2) is 4.67. The predicted octanol–water partition coefficient (Wildman–Crippen LogP) is 0.346. The molecule has 1 aliphatic rings. The molecule has 6 heteroatoms. The molecule has 17 heavy (non-hydrogen) atoms. The molecule has 1 aromatic rings. The highest BCUT2D eigenvalue weighted by molar-refractivity contribution is 5.79. The highest BCUT2D eigenvalue weighted by atomic mass is 19.1. The van der Waals surface area contributed by atoms with Crippen LogP contribution in [0.4, 0.5) is 4.39 Å². The molecule has 92 valence electrons. The Balaban J connectivity index is 2.19. The largest absolute Gasteiger partial charge is 0.393 e. The van der Waals surface area contributed by atoms with Crippen molar-refractivity contribution in [2.45, 2.75) is 18.9 Å². The first-order valence-corrected chi connectivity index (χ1v) is 5.52. The van der Waals surface area contributed by atoms with Crippen LogP contribution in [0.3, 0.4) is 0 Å². The predicted molar refractivity (Wildman–Crippen MR) is 60.2 cm³/mol. The Kier molecular flexibility index (Phi) is 3.23. The number of rotatable bonds is 0. The lowest BCUT2D eigenvalue weighted by molar-refractivity contribution is 0.107. The molecule has 1 saturated heterocycles. The zero-order valence-corrected chi connectivity index (χ0v) is 9.36. The number of aliphatic hydroxyl groups is 1. The first kappa shape index (κ1) is 11.8. The van der Waals surface area contributed by atoms with Crippen LogP contribution in [0.1, 0.15) is 12.8 Å². The maximum atomic E-state index is 13.1. The third-order valence-corrected chi connectivity index (χ3v) is 2.90. The van der Waals surface area contributed by atoms with Crippen molar-refractivity contribution in [3.8, 4) is 0 Å². The standard InChI is InChI=1S/C11H15FN4O/c12-8-1-2-10(13)16(7-8)11(14)15-5-3-9(17)4-6-15/h1-2,7,9,13-14,17H,3-6H2. The highest BCUT2D eigenvalue weighted by Crippen LogP contribution is 2.10. The Morgan fingerprint density at radius 3 is 2.65 bits per heavy atom. The van der Waals surface area contributed by atoms with E-state index >= 15 is 0 Å². The summed E-state index contributed by atoms with van der Waals surface area (Å²) in [6, 6.07) is 2.52. The number of likely N-dealkylation sites (tertiary alicyclic amines) is 1. The molecule has 0 unspecified atom stereocenters. The fourth-order valence-electron chi connectivity index (χ4n) is 1.88. The summed E-state index contributed by atoms with van der Waals surface area (Å²) in [5.41, 5.74) is 0.0718. The van der Waals surface area contributed by atoms with E-state index in [1.165, 1.54) is 16.7 Å². The molecule has 3 N–H and O–H groups in total. The van der Waals surface area contributed by atoms with Gasteiger partial charge < -0.3 is 10.0 Å². The zero-order chi connectivity index (χ0) is 12.4. The SMILES string of the molecule is N=C(N1CCC(O)CC1)n1cc(F)ccc1=N. The van der Waals surface area contributed by atoms with E-state index in [9.17, 15) is 9.50 Å². The van der Waals surface area contributed by atoms with Crippen LogP contribution >= 0.6 is 0 Å². The average molecular weight is 238 g/mol. The van der Waals surface area contributed by atoms with Gasteiger partial charge >= 0.3 is 0 Å². The van der Waals surface area contributed by atoms with Gasteiger partial charge in [-0.15, -0.1) is 0 Å². The van der Waals surface area contributed by atoms with Crippen LogP contribution in [0.2, 0.25) is 0 Å². The summed E-state index contributed by atoms with van der Waals surface area (Å²) in [6.45, 7) is 1.12. The van der Waals surface area contributed by atoms with Crippen molar-refractivity contribution < 1.29 is 9.50 Å². The van der Waals surface area contributed by atoms with Crippen LogP contribution in [0.15, 0.2) is 18.3 Å². The third kappa shape index (κ3) is 2.52. The van der Waals surface area contributed by atoms with E-state index in [-0.39, 0.29) is 17.6 Å². The van der Waals surface area contributed by atoms with E-state index < -0.39 is 5.82 Å². The van der Waals surface area contributed by atoms with Crippen LogP contribution < -0.4 is 5.49 Å². The van der Waals surface area contributed by atoms with Gasteiger partial charge in [-0.25, -0.2) is 4.39 Å². The maximum Gasteiger partial charge on any atom is 0.203 e. The molecule has 5 nitrogen and oxygen atoms in total. The Labute approximate surface area is 98.1 Å². The van der Waals surface area contributed by atoms with Gasteiger partial charge in [-0.3, -0.25) is 15.4 Å². The number of nitrogens with one attached hydrogen (secondary N) is 2. The molecular formula is C11H15FN4O. The minimum absolute atomic E-state index is 0.0718. The van der Waals surface area contributed by atoms with Crippen LogP contribution in [-0.4, -0.2) is 39.7 Å². The molecule has 0 radical (unpaired) electrons. The van der Waals surface area contributed by atoms with Crippen molar-refractivity contribution in [3.05, 3.63) is 29.6 Å². The lowest BCUT2D eigenvalue weighted by atomic mass is 10.1. The van der Waals surface area contributed by atoms with E-state index in [2.05, 4.69) is 0 Å². The van der Waals surface area contributed by atoms with E-state index in [1.54, 1.807) is 4.90 Å². The molecule has 0 atom stereocenters. The summed E-state index contributed by atoms with van der Waals surface area (Å²) in [5.74, 6) is -0.385. The van der Waals surface area contributed by atoms with Crippen LogP contribution in [0.25, 0.3) is 0 Å². The first-order valence-electron chi connectivity index (χ1n) is 5.52. The van der Waals surface area contributed by atoms with Crippen molar-refractivity contribution in [1.29, 1.82) is 10.8 Å². The van der Waals surface area contributed by atoms with Gasteiger partial charge in [0.2, 0.25) is 5.96 Å². The Morgan fingerprint density at radius 2 is 2.00 bits per heavy atom. The molecule has 0 bridgehead atoms. The molecule has 1 aliphatic heterocycles. The van der Waals surface area contributed by atoms with Gasteiger partial charge in [-0.05, 0) is 25.0 Å².